The highest BCUT2D eigenvalue weighted by molar-refractivity contribution is 7.00. The summed E-state index contributed by atoms with van der Waals surface area (Å²) in [5, 5.41) is 0. The van der Waals surface area contributed by atoms with Gasteiger partial charge in [0.1, 0.15) is 34.0 Å². The van der Waals surface area contributed by atoms with Crippen molar-refractivity contribution in [2.75, 3.05) is 14.2 Å². The molecule has 0 aliphatic heterocycles. The van der Waals surface area contributed by atoms with Gasteiger partial charge >= 0.3 is 0 Å². The zero-order valence-corrected chi connectivity index (χ0v) is 13.7. The minimum Gasteiger partial charge on any atom is -0.497 e. The summed E-state index contributed by atoms with van der Waals surface area (Å²) in [6, 6.07) is 7.35. The molecule has 24 heavy (non-hydrogen) atoms. The van der Waals surface area contributed by atoms with E-state index in [1.54, 1.807) is 18.2 Å². The number of halogens is 2. The van der Waals surface area contributed by atoms with E-state index in [0.29, 0.717) is 0 Å². The Bertz CT molecular complexity index is 890. The molecule has 0 bridgehead atoms. The van der Waals surface area contributed by atoms with E-state index in [-0.39, 0.29) is 12.3 Å². The third-order valence-corrected chi connectivity index (χ3v) is 4.11. The summed E-state index contributed by atoms with van der Waals surface area (Å²) in [4.78, 5) is 13.6. The molecule has 0 saturated carbocycles. The third kappa shape index (κ3) is 3.05. The van der Waals surface area contributed by atoms with Crippen LogP contribution >= 0.6 is 11.7 Å². The Labute approximate surface area is 140 Å². The first-order valence-electron chi connectivity index (χ1n) is 6.99. The van der Waals surface area contributed by atoms with Crippen LogP contribution in [0, 0.1) is 11.6 Å². The van der Waals surface area contributed by atoms with Crippen LogP contribution in [0.1, 0.15) is 15.9 Å². The number of aromatic nitrogens is 2. The van der Waals surface area contributed by atoms with Crippen molar-refractivity contribution in [2.24, 2.45) is 0 Å². The molecule has 0 aliphatic carbocycles. The molecule has 0 unspecified atom stereocenters. The molecule has 1 heterocycles. The van der Waals surface area contributed by atoms with Gasteiger partial charge in [0, 0.05) is 25.7 Å². The molecule has 3 rings (SSSR count). The van der Waals surface area contributed by atoms with Gasteiger partial charge in [-0.15, -0.1) is 0 Å². The van der Waals surface area contributed by atoms with Crippen molar-refractivity contribution in [1.82, 2.24) is 13.6 Å². The number of amides is 1. The molecular formula is C16H13F2N3O2S. The van der Waals surface area contributed by atoms with Gasteiger partial charge < -0.3 is 9.64 Å². The monoisotopic (exact) mass is 349 g/mol. The van der Waals surface area contributed by atoms with E-state index >= 15 is 0 Å². The highest BCUT2D eigenvalue weighted by Crippen LogP contribution is 2.22. The highest BCUT2D eigenvalue weighted by atomic mass is 32.1. The van der Waals surface area contributed by atoms with Crippen molar-refractivity contribution in [3.63, 3.8) is 0 Å². The van der Waals surface area contributed by atoms with Gasteiger partial charge in [0.25, 0.3) is 5.91 Å². The summed E-state index contributed by atoms with van der Waals surface area (Å²) in [7, 11) is 2.78. The van der Waals surface area contributed by atoms with Crippen molar-refractivity contribution in [3.8, 4) is 5.75 Å². The van der Waals surface area contributed by atoms with Crippen molar-refractivity contribution in [3.05, 3.63) is 53.1 Å². The van der Waals surface area contributed by atoms with Crippen LogP contribution < -0.4 is 4.74 Å². The quantitative estimate of drug-likeness (QED) is 0.726. The van der Waals surface area contributed by atoms with Gasteiger partial charge in [-0.3, -0.25) is 4.79 Å². The van der Waals surface area contributed by atoms with Gasteiger partial charge in [0.15, 0.2) is 0 Å². The average Bonchev–Trinajstić information content (AvgIpc) is 3.01. The maximum Gasteiger partial charge on any atom is 0.259 e. The summed E-state index contributed by atoms with van der Waals surface area (Å²) in [6.07, 6.45) is 0. The zero-order chi connectivity index (χ0) is 17.3. The molecule has 0 atom stereocenters. The Morgan fingerprint density at radius 1 is 1.17 bits per heavy atom. The van der Waals surface area contributed by atoms with E-state index in [9.17, 15) is 13.6 Å². The van der Waals surface area contributed by atoms with Crippen LogP contribution in [0.4, 0.5) is 8.78 Å². The smallest absolute Gasteiger partial charge is 0.259 e. The lowest BCUT2D eigenvalue weighted by Crippen LogP contribution is -2.28. The summed E-state index contributed by atoms with van der Waals surface area (Å²) < 4.78 is 41.1. The Balaban J connectivity index is 1.84. The number of fused-ring (bicyclic) bond motifs is 1. The van der Waals surface area contributed by atoms with Crippen LogP contribution in [0.25, 0.3) is 11.0 Å². The SMILES string of the molecule is COc1cc(F)c(C(=O)N(C)Cc2ccc3nsnc3c2)c(F)c1. The maximum absolute atomic E-state index is 14.0. The number of benzene rings is 2. The van der Waals surface area contributed by atoms with Crippen LogP contribution in [-0.2, 0) is 6.54 Å². The predicted molar refractivity (Wildman–Crippen MR) is 86.1 cm³/mol. The molecule has 0 N–H and O–H groups in total. The molecule has 0 radical (unpaired) electrons. The van der Waals surface area contributed by atoms with Crippen LogP contribution in [-0.4, -0.2) is 33.7 Å². The summed E-state index contributed by atoms with van der Waals surface area (Å²) >= 11 is 1.10. The van der Waals surface area contributed by atoms with Crippen LogP contribution in [0.5, 0.6) is 5.75 Å². The van der Waals surface area contributed by atoms with E-state index < -0.39 is 23.1 Å². The fourth-order valence-corrected chi connectivity index (χ4v) is 2.85. The van der Waals surface area contributed by atoms with Gasteiger partial charge in [-0.1, -0.05) is 6.07 Å². The fraction of sp³-hybridized carbons (Fsp3) is 0.188. The number of hydrogen-bond acceptors (Lipinski definition) is 5. The Morgan fingerprint density at radius 3 is 2.50 bits per heavy atom. The lowest BCUT2D eigenvalue weighted by molar-refractivity contribution is 0.0775. The Hall–Kier alpha value is -2.61. The molecule has 1 aromatic heterocycles. The number of ether oxygens (including phenoxy) is 1. The van der Waals surface area contributed by atoms with E-state index in [0.717, 1.165) is 40.5 Å². The number of rotatable bonds is 4. The first kappa shape index (κ1) is 16.3. The van der Waals surface area contributed by atoms with Gasteiger partial charge in [-0.2, -0.15) is 8.75 Å². The molecule has 0 saturated heterocycles. The number of nitrogens with zero attached hydrogens (tertiary/aromatic N) is 3. The molecule has 0 aliphatic rings. The summed E-state index contributed by atoms with van der Waals surface area (Å²) in [6.45, 7) is 0.192. The topological polar surface area (TPSA) is 55.3 Å². The molecule has 3 aromatic rings. The number of methoxy groups -OCH3 is 1. The van der Waals surface area contributed by atoms with E-state index in [1.165, 1.54) is 19.1 Å². The number of carbonyl (C=O) groups excluding carboxylic acids is 1. The van der Waals surface area contributed by atoms with Crippen LogP contribution in [0.15, 0.2) is 30.3 Å². The van der Waals surface area contributed by atoms with Gasteiger partial charge in [0.05, 0.1) is 18.8 Å². The van der Waals surface area contributed by atoms with Crippen molar-refractivity contribution < 1.29 is 18.3 Å². The molecular weight excluding hydrogens is 336 g/mol. The molecule has 2 aromatic carbocycles. The zero-order valence-electron chi connectivity index (χ0n) is 12.9. The Kier molecular flexibility index (Phi) is 4.39. The lowest BCUT2D eigenvalue weighted by Gasteiger charge is -2.18. The second-order valence-electron chi connectivity index (χ2n) is 5.21. The van der Waals surface area contributed by atoms with Crippen molar-refractivity contribution in [2.45, 2.75) is 6.54 Å². The van der Waals surface area contributed by atoms with Gasteiger partial charge in [-0.25, -0.2) is 8.78 Å². The number of carbonyl (C=O) groups is 1. The van der Waals surface area contributed by atoms with Crippen LogP contribution in [0.3, 0.4) is 0 Å². The van der Waals surface area contributed by atoms with Gasteiger partial charge in [-0.05, 0) is 17.7 Å². The minimum atomic E-state index is -0.956. The largest absolute Gasteiger partial charge is 0.497 e. The second-order valence-corrected chi connectivity index (χ2v) is 5.74. The third-order valence-electron chi connectivity index (χ3n) is 3.55. The molecule has 1 amide bonds. The Morgan fingerprint density at radius 2 is 1.83 bits per heavy atom. The molecule has 5 nitrogen and oxygen atoms in total. The van der Waals surface area contributed by atoms with Crippen molar-refractivity contribution in [1.29, 1.82) is 0 Å². The van der Waals surface area contributed by atoms with Gasteiger partial charge in [0.2, 0.25) is 0 Å². The fourth-order valence-electron chi connectivity index (χ4n) is 2.33. The van der Waals surface area contributed by atoms with Crippen molar-refractivity contribution >= 4 is 28.7 Å². The second kappa shape index (κ2) is 6.48. The maximum atomic E-state index is 14.0. The average molecular weight is 349 g/mol. The summed E-state index contributed by atoms with van der Waals surface area (Å²) in [5.41, 5.74) is 1.68. The first-order chi connectivity index (χ1) is 11.5. The lowest BCUT2D eigenvalue weighted by atomic mass is 10.1. The standard InChI is InChI=1S/C16H13F2N3O2S/c1-21(8-9-3-4-13-14(5-9)20-24-19-13)16(22)15-11(17)6-10(23-2)7-12(15)18/h3-7H,8H2,1-2H3. The van der Waals surface area contributed by atoms with Crippen LogP contribution in [0.2, 0.25) is 0 Å². The highest BCUT2D eigenvalue weighted by Gasteiger charge is 2.22. The molecule has 0 fully saturated rings. The normalized spacial score (nSPS) is 10.8. The summed E-state index contributed by atoms with van der Waals surface area (Å²) in [5.74, 6) is -2.64. The molecule has 8 heteroatoms. The first-order valence-corrected chi connectivity index (χ1v) is 7.72. The van der Waals surface area contributed by atoms with E-state index in [2.05, 4.69) is 8.75 Å². The van der Waals surface area contributed by atoms with E-state index in [4.69, 9.17) is 4.74 Å². The molecule has 0 spiro atoms. The predicted octanol–water partition coefficient (Wildman–Crippen LogP) is 3.25. The van der Waals surface area contributed by atoms with E-state index in [1.807, 2.05) is 0 Å². The minimum absolute atomic E-state index is 0.0192. The number of hydrogen-bond donors (Lipinski definition) is 0. The molecule has 124 valence electrons.